The molecule has 8 heteroatoms. The molecule has 6 nitrogen and oxygen atoms in total. The largest absolute Gasteiger partial charge is 0.325 e. The summed E-state index contributed by atoms with van der Waals surface area (Å²) in [6, 6.07) is 13.7. The summed E-state index contributed by atoms with van der Waals surface area (Å²) in [6.07, 6.45) is 0.406. The van der Waals surface area contributed by atoms with Crippen molar-refractivity contribution in [1.82, 2.24) is 9.78 Å². The van der Waals surface area contributed by atoms with Crippen LogP contribution in [0.5, 0.6) is 0 Å². The average molecular weight is 471 g/mol. The number of benzene rings is 2. The molecule has 1 fully saturated rings. The van der Waals surface area contributed by atoms with Gasteiger partial charge in [-0.3, -0.25) is 9.59 Å². The number of carbonyl (C=O) groups excluding carboxylic acids is 2. The topological polar surface area (TPSA) is 67.2 Å². The van der Waals surface area contributed by atoms with Gasteiger partial charge in [-0.25, -0.2) is 9.07 Å². The van der Waals surface area contributed by atoms with Crippen LogP contribution in [0.25, 0.3) is 5.69 Å². The number of aryl methyl sites for hydroxylation is 2. The molecule has 4 rings (SSSR count). The molecular formula is C22H20BrFN4O2. The first-order valence-electron chi connectivity index (χ1n) is 9.54. The van der Waals surface area contributed by atoms with Gasteiger partial charge in [-0.15, -0.1) is 0 Å². The van der Waals surface area contributed by atoms with Crippen LogP contribution in [0.1, 0.15) is 17.8 Å². The van der Waals surface area contributed by atoms with E-state index in [0.717, 1.165) is 21.5 Å². The summed E-state index contributed by atoms with van der Waals surface area (Å²) in [5.41, 5.74) is 2.95. The van der Waals surface area contributed by atoms with E-state index in [0.29, 0.717) is 24.3 Å². The zero-order valence-corrected chi connectivity index (χ0v) is 18.1. The molecular weight excluding hydrogens is 451 g/mol. The van der Waals surface area contributed by atoms with Gasteiger partial charge >= 0.3 is 0 Å². The van der Waals surface area contributed by atoms with Crippen LogP contribution < -0.4 is 10.2 Å². The van der Waals surface area contributed by atoms with E-state index < -0.39 is 17.6 Å². The van der Waals surface area contributed by atoms with Gasteiger partial charge in [-0.1, -0.05) is 22.0 Å². The number of nitrogens with zero attached hydrogens (tertiary/aromatic N) is 3. The number of carbonyl (C=O) groups is 2. The minimum atomic E-state index is -0.803. The van der Waals surface area contributed by atoms with E-state index in [-0.39, 0.29) is 5.91 Å². The van der Waals surface area contributed by atoms with Crippen LogP contribution in [0.2, 0.25) is 0 Å². The summed E-state index contributed by atoms with van der Waals surface area (Å²) in [7, 11) is 0. The second-order valence-electron chi connectivity index (χ2n) is 7.31. The van der Waals surface area contributed by atoms with Gasteiger partial charge < -0.3 is 10.2 Å². The minimum Gasteiger partial charge on any atom is -0.325 e. The van der Waals surface area contributed by atoms with Crippen LogP contribution in [0, 0.1) is 25.6 Å². The Hall–Kier alpha value is -3.00. The van der Waals surface area contributed by atoms with Gasteiger partial charge in [0, 0.05) is 28.1 Å². The second kappa shape index (κ2) is 8.02. The number of aromatic nitrogens is 2. The number of halogens is 2. The van der Waals surface area contributed by atoms with Crippen LogP contribution >= 0.6 is 15.9 Å². The van der Waals surface area contributed by atoms with Crippen molar-refractivity contribution in [2.75, 3.05) is 16.8 Å². The van der Waals surface area contributed by atoms with Gasteiger partial charge in [-0.05, 0) is 62.7 Å². The lowest BCUT2D eigenvalue weighted by molar-refractivity contribution is -0.129. The average Bonchev–Trinajstić information content (AvgIpc) is 3.23. The van der Waals surface area contributed by atoms with Crippen molar-refractivity contribution in [2.45, 2.75) is 20.3 Å². The Balaban J connectivity index is 1.48. The molecule has 1 aliphatic heterocycles. The zero-order valence-electron chi connectivity index (χ0n) is 16.5. The number of nitrogens with one attached hydrogen (secondary N) is 1. The van der Waals surface area contributed by atoms with E-state index >= 15 is 0 Å². The van der Waals surface area contributed by atoms with Crippen molar-refractivity contribution in [3.63, 3.8) is 0 Å². The van der Waals surface area contributed by atoms with Crippen molar-refractivity contribution in [2.24, 2.45) is 5.92 Å². The van der Waals surface area contributed by atoms with E-state index in [9.17, 15) is 14.0 Å². The van der Waals surface area contributed by atoms with Gasteiger partial charge in [0.25, 0.3) is 0 Å². The Morgan fingerprint density at radius 1 is 1.20 bits per heavy atom. The van der Waals surface area contributed by atoms with Gasteiger partial charge in [0.05, 0.1) is 5.69 Å². The lowest BCUT2D eigenvalue weighted by Crippen LogP contribution is -2.33. The summed E-state index contributed by atoms with van der Waals surface area (Å²) in [5.74, 6) is -2.00. The normalized spacial score (nSPS) is 16.2. The molecule has 2 aromatic carbocycles. The van der Waals surface area contributed by atoms with Crippen LogP contribution in [-0.4, -0.2) is 28.1 Å². The van der Waals surface area contributed by atoms with Crippen LogP contribution in [0.3, 0.4) is 0 Å². The summed E-state index contributed by atoms with van der Waals surface area (Å²) in [4.78, 5) is 27.0. The molecule has 154 valence electrons. The lowest BCUT2D eigenvalue weighted by atomic mass is 10.1. The number of anilines is 2. The van der Waals surface area contributed by atoms with Crippen molar-refractivity contribution < 1.29 is 14.0 Å². The predicted octanol–water partition coefficient (Wildman–Crippen LogP) is 4.38. The first kappa shape index (κ1) is 20.3. The quantitative estimate of drug-likeness (QED) is 0.575. The monoisotopic (exact) mass is 470 g/mol. The smallest absolute Gasteiger partial charge is 0.239 e. The zero-order chi connectivity index (χ0) is 21.4. The van der Waals surface area contributed by atoms with Gasteiger partial charge in [0.15, 0.2) is 5.82 Å². The third-order valence-electron chi connectivity index (χ3n) is 5.09. The maximum Gasteiger partial charge on any atom is 0.239 e. The molecule has 1 aromatic heterocycles. The molecule has 0 spiro atoms. The summed E-state index contributed by atoms with van der Waals surface area (Å²) in [5, 5.41) is 6.96. The highest BCUT2D eigenvalue weighted by atomic mass is 79.9. The molecule has 0 bridgehead atoms. The van der Waals surface area contributed by atoms with Crippen molar-refractivity contribution >= 4 is 39.1 Å². The second-order valence-corrected chi connectivity index (χ2v) is 8.22. The minimum absolute atomic E-state index is 0.259. The Morgan fingerprint density at radius 3 is 2.67 bits per heavy atom. The summed E-state index contributed by atoms with van der Waals surface area (Å²) >= 11 is 3.39. The van der Waals surface area contributed by atoms with E-state index in [1.807, 2.05) is 44.2 Å². The van der Waals surface area contributed by atoms with Gasteiger partial charge in [0.2, 0.25) is 11.8 Å². The fraction of sp³-hybridized carbons (Fsp3) is 0.227. The fourth-order valence-corrected chi connectivity index (χ4v) is 4.07. The van der Waals surface area contributed by atoms with Gasteiger partial charge in [0.1, 0.15) is 11.6 Å². The van der Waals surface area contributed by atoms with Crippen LogP contribution in [0.4, 0.5) is 15.8 Å². The van der Waals surface area contributed by atoms with E-state index in [4.69, 9.17) is 0 Å². The molecule has 0 saturated carbocycles. The molecule has 1 atom stereocenters. The molecule has 1 aliphatic rings. The first-order valence-corrected chi connectivity index (χ1v) is 10.3. The van der Waals surface area contributed by atoms with E-state index in [1.54, 1.807) is 17.0 Å². The Labute approximate surface area is 181 Å². The highest BCUT2D eigenvalue weighted by Crippen LogP contribution is 2.28. The molecule has 1 saturated heterocycles. The summed E-state index contributed by atoms with van der Waals surface area (Å²) < 4.78 is 17.0. The molecule has 1 unspecified atom stereocenters. The standard InChI is InChI=1S/C22H20BrFN4O2/c1-13-10-14(2)28(26-13)20-7-6-16(12-19(20)24)25-21(29)18-8-9-27(22(18)30)17-5-3-4-15(23)11-17/h3-7,10-12,18H,8-9H2,1-2H3,(H,25,29). The Kier molecular flexibility index (Phi) is 5.42. The molecule has 0 aliphatic carbocycles. The third-order valence-corrected chi connectivity index (χ3v) is 5.59. The molecule has 2 heterocycles. The van der Waals surface area contributed by atoms with Crippen LogP contribution in [-0.2, 0) is 9.59 Å². The molecule has 30 heavy (non-hydrogen) atoms. The maximum atomic E-state index is 14.7. The Bertz CT molecular complexity index is 1140. The third kappa shape index (κ3) is 3.87. The van der Waals surface area contributed by atoms with Crippen molar-refractivity contribution in [3.05, 3.63) is 70.2 Å². The first-order chi connectivity index (χ1) is 14.3. The van der Waals surface area contributed by atoms with Crippen LogP contribution in [0.15, 0.2) is 53.0 Å². The Morgan fingerprint density at radius 2 is 2.00 bits per heavy atom. The number of rotatable bonds is 4. The molecule has 0 radical (unpaired) electrons. The number of amides is 2. The van der Waals surface area contributed by atoms with Crippen molar-refractivity contribution in [1.29, 1.82) is 0 Å². The lowest BCUT2D eigenvalue weighted by Gasteiger charge is -2.17. The van der Waals surface area contributed by atoms with E-state index in [2.05, 4.69) is 26.3 Å². The molecule has 1 N–H and O–H groups in total. The fourth-order valence-electron chi connectivity index (χ4n) is 3.68. The predicted molar refractivity (Wildman–Crippen MR) is 116 cm³/mol. The SMILES string of the molecule is Cc1cc(C)n(-c2ccc(NC(=O)C3CCN(c4cccc(Br)c4)C3=O)cc2F)n1. The summed E-state index contributed by atoms with van der Waals surface area (Å²) in [6.45, 7) is 4.14. The van der Waals surface area contributed by atoms with E-state index in [1.165, 1.54) is 10.7 Å². The maximum absolute atomic E-state index is 14.7. The molecule has 3 aromatic rings. The highest BCUT2D eigenvalue weighted by molar-refractivity contribution is 9.10. The number of hydrogen-bond acceptors (Lipinski definition) is 3. The number of hydrogen-bond donors (Lipinski definition) is 1. The van der Waals surface area contributed by atoms with Gasteiger partial charge in [-0.2, -0.15) is 5.10 Å². The van der Waals surface area contributed by atoms with Crippen molar-refractivity contribution in [3.8, 4) is 5.69 Å². The molecule has 2 amide bonds. The highest BCUT2D eigenvalue weighted by Gasteiger charge is 2.37.